The van der Waals surface area contributed by atoms with Crippen LogP contribution in [0.4, 0.5) is 0 Å². The highest BCUT2D eigenvalue weighted by molar-refractivity contribution is 5.34. The van der Waals surface area contributed by atoms with Crippen LogP contribution in [0.2, 0.25) is 0 Å². The molecule has 1 N–H and O–H groups in total. The van der Waals surface area contributed by atoms with Gasteiger partial charge in [0.25, 0.3) is 0 Å². The summed E-state index contributed by atoms with van der Waals surface area (Å²) in [5, 5.41) is 21.5. The van der Waals surface area contributed by atoms with Gasteiger partial charge in [0, 0.05) is 6.61 Å². The van der Waals surface area contributed by atoms with Gasteiger partial charge in [-0.25, -0.2) is 0 Å². The molecule has 0 amide bonds. The lowest BCUT2D eigenvalue weighted by molar-refractivity contribution is -0.116. The summed E-state index contributed by atoms with van der Waals surface area (Å²) in [6.45, 7) is 0.992. The summed E-state index contributed by atoms with van der Waals surface area (Å²) >= 11 is 0. The Morgan fingerprint density at radius 3 is 2.24 bits per heavy atom. The summed E-state index contributed by atoms with van der Waals surface area (Å²) in [6, 6.07) is 11.0. The maximum absolute atomic E-state index is 11.7. The Morgan fingerprint density at radius 2 is 1.76 bits per heavy atom. The van der Waals surface area contributed by atoms with Crippen molar-refractivity contribution in [2.75, 3.05) is 13.2 Å². The first-order chi connectivity index (χ1) is 10.2. The van der Waals surface area contributed by atoms with Gasteiger partial charge in [-0.3, -0.25) is 0 Å². The highest BCUT2D eigenvalue weighted by Gasteiger charge is 2.63. The highest BCUT2D eigenvalue weighted by Crippen LogP contribution is 2.57. The Balaban J connectivity index is 1.80. The van der Waals surface area contributed by atoms with E-state index in [1.165, 1.54) is 11.1 Å². The number of aliphatic hydroxyl groups is 1. The third-order valence-electron chi connectivity index (χ3n) is 6.16. The zero-order valence-corrected chi connectivity index (χ0v) is 12.2. The topological polar surface area (TPSA) is 53.2 Å². The molecule has 0 aromatic heterocycles. The number of rotatable bonds is 1. The summed E-state index contributed by atoms with van der Waals surface area (Å²) in [4.78, 5) is 0. The van der Waals surface area contributed by atoms with Gasteiger partial charge < -0.3 is 9.84 Å². The molecule has 3 unspecified atom stereocenters. The fourth-order valence-corrected chi connectivity index (χ4v) is 5.02. The van der Waals surface area contributed by atoms with E-state index in [0.717, 1.165) is 25.7 Å². The second-order valence-corrected chi connectivity index (χ2v) is 6.97. The molecular weight excluding hydrogens is 262 g/mol. The van der Waals surface area contributed by atoms with Crippen molar-refractivity contribution in [3.05, 3.63) is 35.4 Å². The maximum atomic E-state index is 11.7. The van der Waals surface area contributed by atoms with E-state index < -0.39 is 11.0 Å². The summed E-state index contributed by atoms with van der Waals surface area (Å²) in [5.41, 5.74) is 1.11. The van der Waals surface area contributed by atoms with Gasteiger partial charge in [-0.2, -0.15) is 5.26 Å². The van der Waals surface area contributed by atoms with Gasteiger partial charge in [0.05, 0.1) is 18.3 Å². The van der Waals surface area contributed by atoms with Crippen molar-refractivity contribution in [3.8, 4) is 6.07 Å². The van der Waals surface area contributed by atoms with Crippen molar-refractivity contribution in [2.45, 2.75) is 37.7 Å². The van der Waals surface area contributed by atoms with Crippen molar-refractivity contribution in [3.63, 3.8) is 0 Å². The quantitative estimate of drug-likeness (QED) is 0.861. The fourth-order valence-electron chi connectivity index (χ4n) is 5.02. The van der Waals surface area contributed by atoms with Crippen LogP contribution in [0.1, 0.15) is 30.4 Å². The standard InChI is InChI=1S/C18H21NO2/c19-11-17(7-8-21-12-17)18(20)15-5-6-16(18)10-14-4-2-1-3-13(14)9-15/h1-4,15-16,20H,5-10,12H2. The average Bonchev–Trinajstić information content (AvgIpc) is 3.05. The molecular formula is C18H21NO2. The Labute approximate surface area is 125 Å². The van der Waals surface area contributed by atoms with E-state index in [9.17, 15) is 10.4 Å². The predicted octanol–water partition coefficient (Wildman–Crippen LogP) is 2.47. The molecule has 21 heavy (non-hydrogen) atoms. The van der Waals surface area contributed by atoms with E-state index in [2.05, 4.69) is 30.3 Å². The molecule has 110 valence electrons. The fraction of sp³-hybridized carbons (Fsp3) is 0.611. The van der Waals surface area contributed by atoms with Gasteiger partial charge in [0.2, 0.25) is 0 Å². The van der Waals surface area contributed by atoms with Gasteiger partial charge in [0.15, 0.2) is 0 Å². The molecule has 1 saturated carbocycles. The molecule has 1 aromatic rings. The van der Waals surface area contributed by atoms with Gasteiger partial charge in [0.1, 0.15) is 5.41 Å². The first-order valence-electron chi connectivity index (χ1n) is 7.98. The zero-order valence-electron chi connectivity index (χ0n) is 12.2. The Kier molecular flexibility index (Phi) is 2.89. The smallest absolute Gasteiger partial charge is 0.112 e. The van der Waals surface area contributed by atoms with Crippen LogP contribution in [0, 0.1) is 28.6 Å². The van der Waals surface area contributed by atoms with Gasteiger partial charge in [-0.15, -0.1) is 0 Å². The number of nitrogens with zero attached hydrogens (tertiary/aromatic N) is 1. The number of hydrogen-bond donors (Lipinski definition) is 1. The maximum Gasteiger partial charge on any atom is 0.112 e. The Morgan fingerprint density at radius 1 is 1.14 bits per heavy atom. The molecule has 3 atom stereocenters. The Bertz CT molecular complexity index is 564. The number of ether oxygens (including phenoxy) is 1. The molecule has 2 aliphatic carbocycles. The van der Waals surface area contributed by atoms with Crippen LogP contribution in [0.5, 0.6) is 0 Å². The summed E-state index contributed by atoms with van der Waals surface area (Å²) < 4.78 is 5.53. The largest absolute Gasteiger partial charge is 0.388 e. The van der Waals surface area contributed by atoms with E-state index in [1.54, 1.807) is 0 Å². The first kappa shape index (κ1) is 13.3. The molecule has 3 heteroatoms. The molecule has 1 heterocycles. The molecule has 3 aliphatic rings. The lowest BCUT2D eigenvalue weighted by atomic mass is 9.63. The number of benzene rings is 1. The number of hydrogen-bond acceptors (Lipinski definition) is 3. The third-order valence-corrected chi connectivity index (χ3v) is 6.16. The SMILES string of the molecule is N#CC1(C2(O)C3CCC2Cc2ccccc2C3)CCOC1. The molecule has 2 bridgehead atoms. The van der Waals surface area contributed by atoms with Crippen molar-refractivity contribution in [1.82, 2.24) is 0 Å². The number of fused-ring (bicyclic) bond motifs is 3. The van der Waals surface area contributed by atoms with Crippen molar-refractivity contribution >= 4 is 0 Å². The molecule has 0 spiro atoms. The summed E-state index contributed by atoms with van der Waals surface area (Å²) in [6.07, 6.45) is 4.51. The molecule has 2 fully saturated rings. The van der Waals surface area contributed by atoms with Crippen LogP contribution < -0.4 is 0 Å². The Hall–Kier alpha value is -1.37. The molecule has 0 radical (unpaired) electrons. The lowest BCUT2D eigenvalue weighted by Crippen LogP contribution is -2.55. The van der Waals surface area contributed by atoms with E-state index >= 15 is 0 Å². The normalized spacial score (nSPS) is 41.3. The molecule has 1 saturated heterocycles. The van der Waals surface area contributed by atoms with Crippen molar-refractivity contribution in [2.24, 2.45) is 17.3 Å². The van der Waals surface area contributed by atoms with Gasteiger partial charge in [-0.1, -0.05) is 24.3 Å². The zero-order chi connectivity index (χ0) is 14.5. The van der Waals surface area contributed by atoms with Crippen LogP contribution in [-0.2, 0) is 17.6 Å². The first-order valence-corrected chi connectivity index (χ1v) is 7.98. The van der Waals surface area contributed by atoms with E-state index in [0.29, 0.717) is 19.6 Å². The van der Waals surface area contributed by atoms with Gasteiger partial charge >= 0.3 is 0 Å². The summed E-state index contributed by atoms with van der Waals surface area (Å²) in [7, 11) is 0. The van der Waals surface area contributed by atoms with Crippen molar-refractivity contribution < 1.29 is 9.84 Å². The molecule has 1 aliphatic heterocycles. The second kappa shape index (κ2) is 4.56. The molecule has 1 aromatic carbocycles. The van der Waals surface area contributed by atoms with Crippen LogP contribution in [-0.4, -0.2) is 23.9 Å². The van der Waals surface area contributed by atoms with Crippen LogP contribution in [0.3, 0.4) is 0 Å². The van der Waals surface area contributed by atoms with Gasteiger partial charge in [-0.05, 0) is 55.1 Å². The van der Waals surface area contributed by atoms with E-state index in [4.69, 9.17) is 4.74 Å². The minimum atomic E-state index is -0.892. The third kappa shape index (κ3) is 1.66. The number of nitriles is 1. The van der Waals surface area contributed by atoms with Crippen LogP contribution in [0.25, 0.3) is 0 Å². The minimum absolute atomic E-state index is 0.187. The predicted molar refractivity (Wildman–Crippen MR) is 78.5 cm³/mol. The minimum Gasteiger partial charge on any atom is -0.388 e. The van der Waals surface area contributed by atoms with Crippen LogP contribution >= 0.6 is 0 Å². The average molecular weight is 283 g/mol. The van der Waals surface area contributed by atoms with E-state index in [-0.39, 0.29) is 11.8 Å². The molecule has 4 rings (SSSR count). The highest BCUT2D eigenvalue weighted by atomic mass is 16.5. The van der Waals surface area contributed by atoms with Crippen molar-refractivity contribution in [1.29, 1.82) is 5.26 Å². The summed E-state index contributed by atoms with van der Waals surface area (Å²) in [5.74, 6) is 0.375. The molecule has 3 nitrogen and oxygen atoms in total. The van der Waals surface area contributed by atoms with Crippen LogP contribution in [0.15, 0.2) is 24.3 Å². The monoisotopic (exact) mass is 283 g/mol. The van der Waals surface area contributed by atoms with E-state index in [1.807, 2.05) is 0 Å². The second-order valence-electron chi connectivity index (χ2n) is 6.97. The lowest BCUT2D eigenvalue weighted by Gasteiger charge is -2.44.